The minimum absolute atomic E-state index is 0.0745. The number of aromatic nitrogens is 1. The summed E-state index contributed by atoms with van der Waals surface area (Å²) in [4.78, 5) is 22.3. The van der Waals surface area contributed by atoms with Gasteiger partial charge in [-0.15, -0.1) is 0 Å². The van der Waals surface area contributed by atoms with Crippen LogP contribution in [0, 0.1) is 0 Å². The van der Waals surface area contributed by atoms with Crippen LogP contribution in [0.3, 0.4) is 0 Å². The van der Waals surface area contributed by atoms with E-state index in [0.717, 1.165) is 48.8 Å². The Morgan fingerprint density at radius 3 is 2.68 bits per heavy atom. The van der Waals surface area contributed by atoms with Crippen molar-refractivity contribution >= 4 is 44.2 Å². The molecule has 2 heterocycles. The molecule has 0 bridgehead atoms. The summed E-state index contributed by atoms with van der Waals surface area (Å²) < 4.78 is 12.1. The summed E-state index contributed by atoms with van der Waals surface area (Å²) in [5.41, 5.74) is 1.45. The van der Waals surface area contributed by atoms with Gasteiger partial charge in [0.2, 0.25) is 0 Å². The number of carbonyl (C=O) groups excluding carboxylic acids is 1. The van der Waals surface area contributed by atoms with E-state index in [1.54, 1.807) is 4.90 Å². The molecule has 3 aromatic rings. The fraction of sp³-hybridized carbons (Fsp3) is 0.391. The fourth-order valence-electron chi connectivity index (χ4n) is 3.46. The Morgan fingerprint density at radius 1 is 1.23 bits per heavy atom. The average molecular weight is 460 g/mol. The zero-order chi connectivity index (χ0) is 21.8. The molecule has 1 saturated heterocycles. The van der Waals surface area contributed by atoms with Crippen LogP contribution in [0.5, 0.6) is 5.75 Å². The Morgan fingerprint density at radius 2 is 1.97 bits per heavy atom. The molecule has 1 fully saturated rings. The number of thiazole rings is 1. The third kappa shape index (κ3) is 5.54. The highest BCUT2D eigenvalue weighted by atomic mass is 35.5. The van der Waals surface area contributed by atoms with Crippen molar-refractivity contribution in [3.63, 3.8) is 0 Å². The van der Waals surface area contributed by atoms with Crippen molar-refractivity contribution in [3.8, 4) is 5.75 Å². The monoisotopic (exact) mass is 459 g/mol. The number of nitrogens with zero attached hydrogens (tertiary/aromatic N) is 3. The molecule has 0 atom stereocenters. The highest BCUT2D eigenvalue weighted by Crippen LogP contribution is 2.31. The number of anilines is 1. The van der Waals surface area contributed by atoms with Gasteiger partial charge < -0.3 is 9.47 Å². The minimum atomic E-state index is -0.0745. The number of amides is 1. The molecule has 0 saturated carbocycles. The average Bonchev–Trinajstić information content (AvgIpc) is 3.17. The van der Waals surface area contributed by atoms with Gasteiger partial charge in [-0.05, 0) is 56.3 Å². The molecule has 0 unspecified atom stereocenters. The van der Waals surface area contributed by atoms with E-state index in [1.807, 2.05) is 56.3 Å². The molecular formula is C23H26ClN3O3S. The Bertz CT molecular complexity index is 1030. The Labute approximate surface area is 191 Å². The quantitative estimate of drug-likeness (QED) is 0.512. The number of hydrogen-bond donors (Lipinski definition) is 0. The molecule has 1 aliphatic heterocycles. The number of morpholine rings is 1. The predicted molar refractivity (Wildman–Crippen MR) is 126 cm³/mol. The Kier molecular flexibility index (Phi) is 7.07. The third-order valence-corrected chi connectivity index (χ3v) is 6.31. The number of halogens is 1. The number of carbonyl (C=O) groups is 1. The lowest BCUT2D eigenvalue weighted by molar-refractivity contribution is 0.0391. The van der Waals surface area contributed by atoms with Crippen molar-refractivity contribution in [1.82, 2.24) is 9.88 Å². The molecule has 0 aliphatic carbocycles. The van der Waals surface area contributed by atoms with Crippen LogP contribution in [0.15, 0.2) is 42.5 Å². The number of rotatable bonds is 7. The lowest BCUT2D eigenvalue weighted by atomic mass is 10.2. The standard InChI is InChI=1S/C23H26ClN3O3S/c1-16(2)30-19-6-3-17(4-7-19)22(28)27(10-9-26-11-13-29-14-12-26)23-25-20-8-5-18(24)15-21(20)31-23/h3-8,15-16H,9-14H2,1-2H3. The second-order valence-electron chi connectivity index (χ2n) is 7.71. The lowest BCUT2D eigenvalue weighted by Gasteiger charge is -2.29. The summed E-state index contributed by atoms with van der Waals surface area (Å²) in [6, 6.07) is 12.9. The van der Waals surface area contributed by atoms with Crippen LogP contribution >= 0.6 is 22.9 Å². The number of benzene rings is 2. The van der Waals surface area contributed by atoms with Crippen molar-refractivity contribution in [1.29, 1.82) is 0 Å². The van der Waals surface area contributed by atoms with E-state index in [-0.39, 0.29) is 12.0 Å². The molecule has 0 N–H and O–H groups in total. The zero-order valence-corrected chi connectivity index (χ0v) is 19.3. The number of fused-ring (bicyclic) bond motifs is 1. The van der Waals surface area contributed by atoms with E-state index in [9.17, 15) is 4.79 Å². The molecule has 164 valence electrons. The van der Waals surface area contributed by atoms with E-state index in [2.05, 4.69) is 4.90 Å². The lowest BCUT2D eigenvalue weighted by Crippen LogP contribution is -2.43. The summed E-state index contributed by atoms with van der Waals surface area (Å²) in [6.07, 6.45) is 0.0844. The van der Waals surface area contributed by atoms with Gasteiger partial charge >= 0.3 is 0 Å². The van der Waals surface area contributed by atoms with Gasteiger partial charge in [0.05, 0.1) is 29.5 Å². The molecule has 1 amide bonds. The highest BCUT2D eigenvalue weighted by Gasteiger charge is 2.23. The minimum Gasteiger partial charge on any atom is -0.491 e. The first-order chi connectivity index (χ1) is 15.0. The summed E-state index contributed by atoms with van der Waals surface area (Å²) in [6.45, 7) is 8.47. The second-order valence-corrected chi connectivity index (χ2v) is 9.16. The van der Waals surface area contributed by atoms with Crippen LogP contribution in [0.4, 0.5) is 5.13 Å². The highest BCUT2D eigenvalue weighted by molar-refractivity contribution is 7.22. The first kappa shape index (κ1) is 22.0. The normalized spacial score (nSPS) is 14.8. The Hall–Kier alpha value is -2.19. The van der Waals surface area contributed by atoms with Gasteiger partial charge in [-0.3, -0.25) is 14.6 Å². The van der Waals surface area contributed by atoms with Crippen LogP contribution in [0.2, 0.25) is 5.02 Å². The van der Waals surface area contributed by atoms with Crippen LogP contribution in [-0.2, 0) is 4.74 Å². The van der Waals surface area contributed by atoms with Crippen molar-refractivity contribution in [2.45, 2.75) is 20.0 Å². The summed E-state index contributed by atoms with van der Waals surface area (Å²) in [5, 5.41) is 1.34. The topological polar surface area (TPSA) is 54.9 Å². The van der Waals surface area contributed by atoms with Crippen molar-refractivity contribution in [2.75, 3.05) is 44.3 Å². The molecule has 0 radical (unpaired) electrons. The maximum Gasteiger partial charge on any atom is 0.260 e. The van der Waals surface area contributed by atoms with Gasteiger partial charge in [0.15, 0.2) is 5.13 Å². The first-order valence-electron chi connectivity index (χ1n) is 10.4. The maximum absolute atomic E-state index is 13.5. The Balaban J connectivity index is 1.59. The molecule has 1 aromatic heterocycles. The second kappa shape index (κ2) is 9.96. The van der Waals surface area contributed by atoms with E-state index in [1.165, 1.54) is 11.3 Å². The summed E-state index contributed by atoms with van der Waals surface area (Å²) in [5.74, 6) is 0.676. The van der Waals surface area contributed by atoms with E-state index in [0.29, 0.717) is 22.3 Å². The summed E-state index contributed by atoms with van der Waals surface area (Å²) in [7, 11) is 0. The molecule has 2 aromatic carbocycles. The van der Waals surface area contributed by atoms with E-state index < -0.39 is 0 Å². The number of ether oxygens (including phenoxy) is 2. The van der Waals surface area contributed by atoms with Gasteiger partial charge in [-0.25, -0.2) is 4.98 Å². The molecule has 31 heavy (non-hydrogen) atoms. The smallest absolute Gasteiger partial charge is 0.260 e. The fourth-order valence-corrected chi connectivity index (χ4v) is 4.72. The van der Waals surface area contributed by atoms with Crippen LogP contribution in [0.25, 0.3) is 10.2 Å². The largest absolute Gasteiger partial charge is 0.491 e. The van der Waals surface area contributed by atoms with E-state index in [4.69, 9.17) is 26.1 Å². The van der Waals surface area contributed by atoms with Crippen molar-refractivity contribution in [3.05, 3.63) is 53.1 Å². The van der Waals surface area contributed by atoms with E-state index >= 15 is 0 Å². The van der Waals surface area contributed by atoms with Crippen LogP contribution in [0.1, 0.15) is 24.2 Å². The molecular weight excluding hydrogens is 434 g/mol. The van der Waals surface area contributed by atoms with Gasteiger partial charge in [0.1, 0.15) is 5.75 Å². The van der Waals surface area contributed by atoms with Gasteiger partial charge in [0.25, 0.3) is 5.91 Å². The van der Waals surface area contributed by atoms with Crippen LogP contribution in [-0.4, -0.2) is 61.3 Å². The van der Waals surface area contributed by atoms with Crippen molar-refractivity contribution in [2.24, 2.45) is 0 Å². The predicted octanol–water partition coefficient (Wildman–Crippen LogP) is 4.72. The molecule has 4 rings (SSSR count). The van der Waals surface area contributed by atoms with Crippen LogP contribution < -0.4 is 9.64 Å². The molecule has 0 spiro atoms. The molecule has 6 nitrogen and oxygen atoms in total. The van der Waals surface area contributed by atoms with Gasteiger partial charge in [0, 0.05) is 36.8 Å². The molecule has 1 aliphatic rings. The van der Waals surface area contributed by atoms with Gasteiger partial charge in [-0.1, -0.05) is 22.9 Å². The van der Waals surface area contributed by atoms with Gasteiger partial charge in [-0.2, -0.15) is 0 Å². The maximum atomic E-state index is 13.5. The SMILES string of the molecule is CC(C)Oc1ccc(C(=O)N(CCN2CCOCC2)c2nc3ccc(Cl)cc3s2)cc1. The van der Waals surface area contributed by atoms with Crippen molar-refractivity contribution < 1.29 is 14.3 Å². The first-order valence-corrected chi connectivity index (χ1v) is 11.6. The molecule has 8 heteroatoms. The zero-order valence-electron chi connectivity index (χ0n) is 17.7. The third-order valence-electron chi connectivity index (χ3n) is 5.03. The summed E-state index contributed by atoms with van der Waals surface area (Å²) >= 11 is 7.63. The number of hydrogen-bond acceptors (Lipinski definition) is 6.